The van der Waals surface area contributed by atoms with E-state index in [1.54, 1.807) is 0 Å². The fourth-order valence-electron chi connectivity index (χ4n) is 1.21. The van der Waals surface area contributed by atoms with Crippen LogP contribution in [-0.4, -0.2) is 22.1 Å². The zero-order valence-corrected chi connectivity index (χ0v) is 9.48. The van der Waals surface area contributed by atoms with Crippen molar-refractivity contribution in [3.05, 3.63) is 37.9 Å². The van der Waals surface area contributed by atoms with E-state index in [0.29, 0.717) is 6.07 Å². The summed E-state index contributed by atoms with van der Waals surface area (Å²) in [4.78, 5) is 45.3. The number of nitro benzene ring substituents is 2. The predicted molar refractivity (Wildman–Crippen MR) is 60.5 cm³/mol. The van der Waals surface area contributed by atoms with E-state index in [1.165, 1.54) is 0 Å². The second kappa shape index (κ2) is 5.53. The first-order chi connectivity index (χ1) is 8.86. The first-order valence-corrected chi connectivity index (χ1v) is 4.72. The van der Waals surface area contributed by atoms with Gasteiger partial charge in [-0.3, -0.25) is 29.8 Å². The van der Waals surface area contributed by atoms with Crippen LogP contribution in [0.25, 0.3) is 0 Å². The molecule has 1 aromatic rings. The number of carbonyl (C=O) groups excluding carboxylic acids is 2. The van der Waals surface area contributed by atoms with Crippen LogP contribution in [0.2, 0.25) is 0 Å². The van der Waals surface area contributed by atoms with E-state index in [-0.39, 0.29) is 12.0 Å². The fraction of sp³-hybridized carbons (Fsp3) is 0.111. The quantitative estimate of drug-likeness (QED) is 0.477. The lowest BCUT2D eigenvalue weighted by Crippen LogP contribution is -2.09. The van der Waals surface area contributed by atoms with Gasteiger partial charge in [-0.1, -0.05) is 0 Å². The number of carbonyl (C=O) groups is 2. The molecule has 0 spiro atoms. The Morgan fingerprint density at radius 2 is 1.95 bits per heavy atom. The third kappa shape index (κ3) is 3.21. The smallest absolute Gasteiger partial charge is 0.329 e. The maximum absolute atomic E-state index is 10.8. The Morgan fingerprint density at radius 3 is 2.37 bits per heavy atom. The van der Waals surface area contributed by atoms with E-state index in [1.807, 2.05) is 5.48 Å². The van der Waals surface area contributed by atoms with Gasteiger partial charge in [-0.15, -0.1) is 0 Å². The van der Waals surface area contributed by atoms with Crippen LogP contribution in [0.1, 0.15) is 17.3 Å². The van der Waals surface area contributed by atoms with E-state index >= 15 is 0 Å². The van der Waals surface area contributed by atoms with Gasteiger partial charge in [0.2, 0.25) is 0 Å². The zero-order chi connectivity index (χ0) is 14.6. The van der Waals surface area contributed by atoms with Crippen LogP contribution >= 0.6 is 0 Å². The van der Waals surface area contributed by atoms with E-state index in [9.17, 15) is 29.8 Å². The molecule has 0 aliphatic heterocycles. The molecule has 1 aromatic carbocycles. The number of non-ortho nitro benzene ring substituents is 1. The van der Waals surface area contributed by atoms with Gasteiger partial charge in [0.1, 0.15) is 5.56 Å². The maximum Gasteiger partial charge on any atom is 0.329 e. The van der Waals surface area contributed by atoms with Crippen LogP contribution in [0, 0.1) is 20.2 Å². The van der Waals surface area contributed by atoms with Crippen molar-refractivity contribution in [2.24, 2.45) is 0 Å². The minimum absolute atomic E-state index is 0.133. The van der Waals surface area contributed by atoms with Crippen LogP contribution in [0.15, 0.2) is 12.1 Å². The summed E-state index contributed by atoms with van der Waals surface area (Å²) < 4.78 is 0. The average Bonchev–Trinajstić information content (AvgIpc) is 2.34. The van der Waals surface area contributed by atoms with Crippen LogP contribution in [-0.2, 0) is 9.63 Å². The minimum Gasteiger partial charge on any atom is -0.344 e. The Balaban J connectivity index is 3.39. The number of nitro groups is 2. The van der Waals surface area contributed by atoms with Crippen molar-refractivity contribution in [2.75, 3.05) is 5.48 Å². The molecule has 0 aromatic heterocycles. The molecule has 1 rings (SSSR count). The number of hydrogen-bond donors (Lipinski definition) is 1. The highest BCUT2D eigenvalue weighted by Crippen LogP contribution is 2.30. The lowest BCUT2D eigenvalue weighted by molar-refractivity contribution is -0.394. The zero-order valence-electron chi connectivity index (χ0n) is 9.48. The van der Waals surface area contributed by atoms with Crippen LogP contribution in [0.5, 0.6) is 0 Å². The number of aldehydes is 1. The van der Waals surface area contributed by atoms with Gasteiger partial charge in [0.05, 0.1) is 21.6 Å². The standard InChI is InChI=1S/C9H7N3O7/c1-5(14)19-10-8-2-6(11(15)16)3-9(12(17)18)7(8)4-13/h2-4,10H,1H3. The van der Waals surface area contributed by atoms with E-state index in [0.717, 1.165) is 13.0 Å². The Kier molecular flexibility index (Phi) is 4.08. The molecule has 0 saturated heterocycles. The Bertz CT molecular complexity index is 569. The van der Waals surface area contributed by atoms with Gasteiger partial charge in [0.15, 0.2) is 6.29 Å². The van der Waals surface area contributed by atoms with Crippen molar-refractivity contribution >= 4 is 29.3 Å². The Morgan fingerprint density at radius 1 is 1.32 bits per heavy atom. The number of rotatable bonds is 5. The monoisotopic (exact) mass is 269 g/mol. The second-order valence-corrected chi connectivity index (χ2v) is 3.25. The van der Waals surface area contributed by atoms with Crippen molar-refractivity contribution in [1.29, 1.82) is 0 Å². The Labute approximate surface area is 105 Å². The van der Waals surface area contributed by atoms with Gasteiger partial charge < -0.3 is 4.84 Å². The first kappa shape index (κ1) is 14.0. The summed E-state index contributed by atoms with van der Waals surface area (Å²) in [5.41, 5.74) is -0.222. The summed E-state index contributed by atoms with van der Waals surface area (Å²) in [7, 11) is 0. The molecule has 10 nitrogen and oxygen atoms in total. The number of hydrogen-bond acceptors (Lipinski definition) is 8. The molecule has 100 valence electrons. The van der Waals surface area contributed by atoms with Gasteiger partial charge >= 0.3 is 5.97 Å². The van der Waals surface area contributed by atoms with E-state index in [4.69, 9.17) is 0 Å². The highest BCUT2D eigenvalue weighted by Gasteiger charge is 2.24. The number of nitrogens with one attached hydrogen (secondary N) is 1. The largest absolute Gasteiger partial charge is 0.344 e. The van der Waals surface area contributed by atoms with Gasteiger partial charge in [-0.2, -0.15) is 0 Å². The van der Waals surface area contributed by atoms with Crippen molar-refractivity contribution in [3.8, 4) is 0 Å². The number of anilines is 1. The van der Waals surface area contributed by atoms with E-state index < -0.39 is 32.8 Å². The number of nitrogens with zero attached hydrogens (tertiary/aromatic N) is 2. The molecule has 10 heteroatoms. The molecule has 0 fully saturated rings. The molecule has 0 bridgehead atoms. The SMILES string of the molecule is CC(=O)ONc1cc([N+](=O)[O-])cc([N+](=O)[O-])c1C=O. The average molecular weight is 269 g/mol. The summed E-state index contributed by atoms with van der Waals surface area (Å²) in [5.74, 6) is -0.786. The lowest BCUT2D eigenvalue weighted by atomic mass is 10.1. The van der Waals surface area contributed by atoms with Gasteiger partial charge in [-0.25, -0.2) is 5.48 Å². The third-order valence-electron chi connectivity index (χ3n) is 1.97. The van der Waals surface area contributed by atoms with Gasteiger partial charge in [0.25, 0.3) is 11.4 Å². The normalized spacial score (nSPS) is 9.53. The molecule has 0 amide bonds. The van der Waals surface area contributed by atoms with Gasteiger partial charge in [0, 0.05) is 13.0 Å². The molecule has 1 N–H and O–H groups in total. The summed E-state index contributed by atoms with van der Waals surface area (Å²) in [6.45, 7) is 1.04. The summed E-state index contributed by atoms with van der Waals surface area (Å²) in [5, 5.41) is 21.4. The molecule has 0 radical (unpaired) electrons. The summed E-state index contributed by atoms with van der Waals surface area (Å²) in [6, 6.07) is 1.49. The first-order valence-electron chi connectivity index (χ1n) is 4.72. The topological polar surface area (TPSA) is 142 Å². The van der Waals surface area contributed by atoms with E-state index in [2.05, 4.69) is 4.84 Å². The molecule has 19 heavy (non-hydrogen) atoms. The van der Waals surface area contributed by atoms with Gasteiger partial charge in [-0.05, 0) is 0 Å². The molecule has 0 saturated carbocycles. The molecule has 0 aliphatic rings. The molecule has 0 aliphatic carbocycles. The predicted octanol–water partition coefficient (Wildman–Crippen LogP) is 1.21. The minimum atomic E-state index is -0.949. The van der Waals surface area contributed by atoms with Crippen molar-refractivity contribution in [3.63, 3.8) is 0 Å². The Hall–Kier alpha value is -3.04. The molecular formula is C9H7N3O7. The number of benzene rings is 1. The summed E-state index contributed by atoms with van der Waals surface area (Å²) >= 11 is 0. The maximum atomic E-state index is 10.8. The van der Waals surface area contributed by atoms with Crippen molar-refractivity contribution < 1.29 is 24.3 Å². The van der Waals surface area contributed by atoms with Crippen molar-refractivity contribution in [2.45, 2.75) is 6.92 Å². The third-order valence-corrected chi connectivity index (χ3v) is 1.97. The molecular weight excluding hydrogens is 262 g/mol. The highest BCUT2D eigenvalue weighted by molar-refractivity contribution is 5.91. The molecule has 0 unspecified atom stereocenters. The summed E-state index contributed by atoms with van der Waals surface area (Å²) in [6.07, 6.45) is 0.133. The fourth-order valence-corrected chi connectivity index (χ4v) is 1.21. The highest BCUT2D eigenvalue weighted by atomic mass is 16.7. The van der Waals surface area contributed by atoms with Crippen molar-refractivity contribution in [1.82, 2.24) is 0 Å². The second-order valence-electron chi connectivity index (χ2n) is 3.25. The molecule has 0 heterocycles. The molecule has 0 atom stereocenters. The van der Waals surface area contributed by atoms with Crippen LogP contribution in [0.4, 0.5) is 17.1 Å². The van der Waals surface area contributed by atoms with Crippen LogP contribution < -0.4 is 5.48 Å². The lowest BCUT2D eigenvalue weighted by Gasteiger charge is -2.07. The van der Waals surface area contributed by atoms with Crippen LogP contribution in [0.3, 0.4) is 0 Å².